The molecule has 0 saturated carbocycles. The van der Waals surface area contributed by atoms with E-state index in [1.54, 1.807) is 6.92 Å². The van der Waals surface area contributed by atoms with Crippen molar-refractivity contribution in [3.05, 3.63) is 74.3 Å². The van der Waals surface area contributed by atoms with E-state index in [4.69, 9.17) is 16.3 Å². The van der Waals surface area contributed by atoms with Gasteiger partial charge in [-0.25, -0.2) is 13.2 Å². The van der Waals surface area contributed by atoms with E-state index in [0.717, 1.165) is 6.07 Å². The number of rotatable bonds is 8. The van der Waals surface area contributed by atoms with Crippen LogP contribution in [0.3, 0.4) is 0 Å². The maximum atomic E-state index is 13.0. The van der Waals surface area contributed by atoms with Crippen LogP contribution >= 0.6 is 11.6 Å². The summed E-state index contributed by atoms with van der Waals surface area (Å²) in [5, 5.41) is 11.0. The smallest absolute Gasteiger partial charge is 0.339 e. The van der Waals surface area contributed by atoms with Crippen LogP contribution in [0, 0.1) is 10.1 Å². The Kier molecular flexibility index (Phi) is 7.68. The molecule has 1 fully saturated rings. The lowest BCUT2D eigenvalue weighted by Gasteiger charge is -2.26. The highest BCUT2D eigenvalue weighted by molar-refractivity contribution is 7.91. The molecule has 0 spiro atoms. The highest BCUT2D eigenvalue weighted by atomic mass is 35.5. The zero-order chi connectivity index (χ0) is 25.0. The van der Waals surface area contributed by atoms with E-state index in [1.165, 1.54) is 41.3 Å². The number of amides is 1. The molecule has 34 heavy (non-hydrogen) atoms. The second kappa shape index (κ2) is 10.3. The van der Waals surface area contributed by atoms with Crippen LogP contribution < -0.4 is 0 Å². The van der Waals surface area contributed by atoms with Gasteiger partial charge in [-0.15, -0.1) is 0 Å². The maximum absolute atomic E-state index is 13.0. The minimum atomic E-state index is -3.20. The van der Waals surface area contributed by atoms with Gasteiger partial charge < -0.3 is 9.64 Å². The maximum Gasteiger partial charge on any atom is 0.339 e. The van der Waals surface area contributed by atoms with Crippen molar-refractivity contribution in [1.29, 1.82) is 0 Å². The second-order valence-corrected chi connectivity index (χ2v) is 10.2. The predicted molar refractivity (Wildman–Crippen MR) is 123 cm³/mol. The molecule has 1 amide bonds. The summed E-state index contributed by atoms with van der Waals surface area (Å²) in [5.74, 6) is -2.28. The van der Waals surface area contributed by atoms with Crippen LogP contribution in [0.2, 0.25) is 5.02 Å². The number of carbonyl (C=O) groups is 3. The highest BCUT2D eigenvalue weighted by Gasteiger charge is 2.34. The Morgan fingerprint density at radius 1 is 1.18 bits per heavy atom. The molecule has 2 aromatic carbocycles. The van der Waals surface area contributed by atoms with E-state index in [2.05, 4.69) is 0 Å². The fraction of sp³-hybridized carbons (Fsp3) is 0.318. The van der Waals surface area contributed by atoms with E-state index < -0.39 is 50.8 Å². The lowest BCUT2D eigenvalue weighted by molar-refractivity contribution is -0.384. The first kappa shape index (κ1) is 25.3. The first-order valence-corrected chi connectivity index (χ1v) is 12.5. The number of nitro groups is 1. The topological polar surface area (TPSA) is 141 Å². The molecule has 1 saturated heterocycles. The molecule has 1 aliphatic heterocycles. The number of carbonyl (C=O) groups excluding carboxylic acids is 3. The Morgan fingerprint density at radius 2 is 1.85 bits per heavy atom. The number of benzene rings is 2. The lowest BCUT2D eigenvalue weighted by atomic mass is 9.98. The summed E-state index contributed by atoms with van der Waals surface area (Å²) >= 11 is 5.80. The van der Waals surface area contributed by atoms with Crippen LogP contribution in [0.4, 0.5) is 5.69 Å². The van der Waals surface area contributed by atoms with Crippen molar-refractivity contribution in [3.63, 3.8) is 0 Å². The molecule has 0 radical (unpaired) electrons. The van der Waals surface area contributed by atoms with Crippen LogP contribution in [0.25, 0.3) is 0 Å². The number of halogens is 1. The predicted octanol–water partition coefficient (Wildman–Crippen LogP) is 2.67. The summed E-state index contributed by atoms with van der Waals surface area (Å²) in [6.07, 6.45) is 0.320. The molecule has 1 heterocycles. The molecule has 3 rings (SSSR count). The number of likely N-dealkylation sites (N-methyl/N-ethyl adjacent to an activating group) is 1. The summed E-state index contributed by atoms with van der Waals surface area (Å²) in [5.41, 5.74) is -0.686. The van der Waals surface area contributed by atoms with Gasteiger partial charge in [-0.2, -0.15) is 0 Å². The normalized spacial score (nSPS) is 16.6. The number of hydrogen-bond acceptors (Lipinski definition) is 8. The van der Waals surface area contributed by atoms with Gasteiger partial charge in [0.05, 0.1) is 22.0 Å². The Hall–Kier alpha value is -3.31. The summed E-state index contributed by atoms with van der Waals surface area (Å²) in [7, 11) is -3.20. The summed E-state index contributed by atoms with van der Waals surface area (Å²) in [4.78, 5) is 50.0. The van der Waals surface area contributed by atoms with Crippen LogP contribution in [-0.4, -0.2) is 66.6 Å². The molecule has 0 N–H and O–H groups in total. The first-order valence-electron chi connectivity index (χ1n) is 10.3. The molecule has 0 bridgehead atoms. The van der Waals surface area contributed by atoms with Crippen LogP contribution in [0.5, 0.6) is 0 Å². The molecule has 0 aromatic heterocycles. The average molecular weight is 509 g/mol. The fourth-order valence-corrected chi connectivity index (χ4v) is 5.67. The number of ketones is 1. The third kappa shape index (κ3) is 5.60. The number of ether oxygens (including phenoxy) is 1. The molecule has 10 nitrogen and oxygen atoms in total. The Balaban J connectivity index is 1.76. The van der Waals surface area contributed by atoms with Crippen molar-refractivity contribution >= 4 is 44.8 Å². The number of nitro benzene ring substituents is 1. The summed E-state index contributed by atoms with van der Waals surface area (Å²) < 4.78 is 28.6. The highest BCUT2D eigenvalue weighted by Crippen LogP contribution is 2.27. The number of esters is 1. The monoisotopic (exact) mass is 508 g/mol. The second-order valence-electron chi connectivity index (χ2n) is 7.61. The first-order chi connectivity index (χ1) is 16.0. The van der Waals surface area contributed by atoms with E-state index in [0.29, 0.717) is 6.42 Å². The molecule has 1 atom stereocenters. The molecule has 0 aliphatic carbocycles. The van der Waals surface area contributed by atoms with Crippen molar-refractivity contribution in [2.24, 2.45) is 0 Å². The molecule has 1 unspecified atom stereocenters. The minimum absolute atomic E-state index is 0.000416. The Labute approximate surface area is 200 Å². The zero-order valence-corrected chi connectivity index (χ0v) is 19.7. The van der Waals surface area contributed by atoms with Crippen molar-refractivity contribution < 1.29 is 32.5 Å². The molecular formula is C22H21ClN2O8S. The third-order valence-corrected chi connectivity index (χ3v) is 7.50. The third-order valence-electron chi connectivity index (χ3n) is 5.43. The largest absolute Gasteiger partial charge is 0.452 e. The summed E-state index contributed by atoms with van der Waals surface area (Å²) in [6.45, 7) is 1.32. The van der Waals surface area contributed by atoms with Gasteiger partial charge >= 0.3 is 5.97 Å². The number of hydrogen-bond donors (Lipinski definition) is 0. The quantitative estimate of drug-likeness (QED) is 0.229. The fourth-order valence-electron chi connectivity index (χ4n) is 3.76. The van der Waals surface area contributed by atoms with Gasteiger partial charge in [0.25, 0.3) is 11.6 Å². The van der Waals surface area contributed by atoms with Crippen LogP contribution in [0.1, 0.15) is 39.6 Å². The molecule has 12 heteroatoms. The standard InChI is InChI=1S/C22H21ClN2O8S/c1-2-24(15-9-10-34(31,32)13-15)20(26)12-33-22(28)17-6-4-3-5-16(17)21(27)14-7-8-18(23)19(11-14)25(29)30/h3-8,11,15H,2,9-10,12-13H2,1H3. The Bertz CT molecular complexity index is 1260. The molecule has 2 aromatic rings. The van der Waals surface area contributed by atoms with Gasteiger partial charge in [0.1, 0.15) is 5.02 Å². The Morgan fingerprint density at radius 3 is 2.44 bits per heavy atom. The minimum Gasteiger partial charge on any atom is -0.452 e. The van der Waals surface area contributed by atoms with Crippen molar-refractivity contribution in [3.8, 4) is 0 Å². The van der Waals surface area contributed by atoms with E-state index >= 15 is 0 Å². The van der Waals surface area contributed by atoms with Crippen molar-refractivity contribution in [2.45, 2.75) is 19.4 Å². The number of sulfone groups is 1. The molecule has 1 aliphatic rings. The zero-order valence-electron chi connectivity index (χ0n) is 18.1. The lowest BCUT2D eigenvalue weighted by Crippen LogP contribution is -2.43. The SMILES string of the molecule is CCN(C(=O)COC(=O)c1ccccc1C(=O)c1ccc(Cl)c([N+](=O)[O-])c1)C1CCS(=O)(=O)C1. The van der Waals surface area contributed by atoms with E-state index in [-0.39, 0.29) is 39.8 Å². The number of nitrogens with zero attached hydrogens (tertiary/aromatic N) is 2. The van der Waals surface area contributed by atoms with E-state index in [9.17, 15) is 32.9 Å². The summed E-state index contributed by atoms with van der Waals surface area (Å²) in [6, 6.07) is 8.78. The van der Waals surface area contributed by atoms with Gasteiger partial charge in [0, 0.05) is 29.8 Å². The van der Waals surface area contributed by atoms with Gasteiger partial charge in [0.15, 0.2) is 22.2 Å². The molecule has 180 valence electrons. The van der Waals surface area contributed by atoms with Crippen molar-refractivity contribution in [2.75, 3.05) is 24.7 Å². The van der Waals surface area contributed by atoms with Crippen LogP contribution in [0.15, 0.2) is 42.5 Å². The van der Waals surface area contributed by atoms with E-state index in [1.807, 2.05) is 0 Å². The van der Waals surface area contributed by atoms with Crippen molar-refractivity contribution in [1.82, 2.24) is 4.90 Å². The van der Waals surface area contributed by atoms with Crippen LogP contribution in [-0.2, 0) is 19.4 Å². The molecular weight excluding hydrogens is 488 g/mol. The van der Waals surface area contributed by atoms with Gasteiger partial charge in [-0.1, -0.05) is 29.8 Å². The average Bonchev–Trinajstić information content (AvgIpc) is 3.16. The van der Waals surface area contributed by atoms with Gasteiger partial charge in [0.2, 0.25) is 0 Å². The van der Waals surface area contributed by atoms with Gasteiger partial charge in [-0.05, 0) is 31.5 Å². The van der Waals surface area contributed by atoms with Gasteiger partial charge in [-0.3, -0.25) is 19.7 Å².